The Morgan fingerprint density at radius 1 is 1.57 bits per heavy atom. The molecule has 1 aromatic rings. The SMILES string of the molecule is CCS(=O)(=O)C1CSCCN1C(=O)c1cn(CCN)nn1. The summed E-state index contributed by atoms with van der Waals surface area (Å²) in [5.41, 5.74) is 5.58. The Balaban J connectivity index is 2.22. The minimum absolute atomic E-state index is 0.0157. The first-order valence-corrected chi connectivity index (χ1v) is 9.57. The van der Waals surface area contributed by atoms with E-state index in [1.165, 1.54) is 15.8 Å². The summed E-state index contributed by atoms with van der Waals surface area (Å²) in [5, 5.41) is 6.85. The number of aromatic nitrogens is 3. The van der Waals surface area contributed by atoms with Crippen LogP contribution in [-0.2, 0) is 16.4 Å². The van der Waals surface area contributed by atoms with Gasteiger partial charge in [0.15, 0.2) is 15.5 Å². The van der Waals surface area contributed by atoms with Gasteiger partial charge in [-0.15, -0.1) is 5.10 Å². The number of nitrogens with zero attached hydrogens (tertiary/aromatic N) is 4. The molecule has 0 saturated carbocycles. The van der Waals surface area contributed by atoms with Gasteiger partial charge in [-0.25, -0.2) is 8.42 Å². The zero-order valence-corrected chi connectivity index (χ0v) is 13.4. The molecule has 2 heterocycles. The highest BCUT2D eigenvalue weighted by Crippen LogP contribution is 2.22. The van der Waals surface area contributed by atoms with Gasteiger partial charge in [-0.05, 0) is 0 Å². The van der Waals surface area contributed by atoms with Crippen molar-refractivity contribution in [2.75, 3.05) is 30.3 Å². The maximum absolute atomic E-state index is 12.5. The monoisotopic (exact) mass is 333 g/mol. The predicted octanol–water partition coefficient (Wildman–Crippen LogP) is -0.813. The molecule has 1 saturated heterocycles. The average Bonchev–Trinajstić information content (AvgIpc) is 2.95. The van der Waals surface area contributed by atoms with Gasteiger partial charge in [-0.2, -0.15) is 11.8 Å². The van der Waals surface area contributed by atoms with E-state index in [0.29, 0.717) is 25.4 Å². The number of rotatable bonds is 5. The molecule has 0 bridgehead atoms. The van der Waals surface area contributed by atoms with Crippen molar-refractivity contribution >= 4 is 27.5 Å². The summed E-state index contributed by atoms with van der Waals surface area (Å²) < 4.78 is 25.8. The molecule has 21 heavy (non-hydrogen) atoms. The molecule has 2 rings (SSSR count). The summed E-state index contributed by atoms with van der Waals surface area (Å²) >= 11 is 1.54. The van der Waals surface area contributed by atoms with E-state index < -0.39 is 15.2 Å². The predicted molar refractivity (Wildman–Crippen MR) is 80.7 cm³/mol. The lowest BCUT2D eigenvalue weighted by Crippen LogP contribution is -2.50. The van der Waals surface area contributed by atoms with Crippen molar-refractivity contribution in [1.29, 1.82) is 0 Å². The van der Waals surface area contributed by atoms with Crippen LogP contribution in [0.4, 0.5) is 0 Å². The fraction of sp³-hybridized carbons (Fsp3) is 0.727. The Hall–Kier alpha value is -1.13. The van der Waals surface area contributed by atoms with E-state index in [1.807, 2.05) is 0 Å². The first-order chi connectivity index (χ1) is 9.99. The number of thioether (sulfide) groups is 1. The lowest BCUT2D eigenvalue weighted by atomic mass is 10.3. The van der Waals surface area contributed by atoms with E-state index >= 15 is 0 Å². The Morgan fingerprint density at radius 2 is 2.33 bits per heavy atom. The van der Waals surface area contributed by atoms with E-state index in [0.717, 1.165) is 5.75 Å². The summed E-state index contributed by atoms with van der Waals surface area (Å²) in [6.07, 6.45) is 1.51. The van der Waals surface area contributed by atoms with Gasteiger partial charge in [-0.3, -0.25) is 9.48 Å². The van der Waals surface area contributed by atoms with Crippen molar-refractivity contribution < 1.29 is 13.2 Å². The summed E-state index contributed by atoms with van der Waals surface area (Å²) in [4.78, 5) is 13.9. The number of carbonyl (C=O) groups excluding carboxylic acids is 1. The van der Waals surface area contributed by atoms with Gasteiger partial charge < -0.3 is 10.6 Å². The highest BCUT2D eigenvalue weighted by Gasteiger charge is 2.36. The molecule has 2 N–H and O–H groups in total. The Labute approximate surface area is 128 Å². The average molecular weight is 333 g/mol. The highest BCUT2D eigenvalue weighted by atomic mass is 32.2. The minimum Gasteiger partial charge on any atom is -0.329 e. The standard InChI is InChI=1S/C11H19N5O3S2/c1-2-21(18,19)10-8-20-6-5-16(10)11(17)9-7-15(4-3-12)14-13-9/h7,10H,2-6,8,12H2,1H3. The molecule has 8 nitrogen and oxygen atoms in total. The van der Waals surface area contributed by atoms with Crippen LogP contribution in [-0.4, -0.2) is 69.9 Å². The molecule has 1 aliphatic heterocycles. The molecule has 1 amide bonds. The number of sulfone groups is 1. The largest absolute Gasteiger partial charge is 0.329 e. The van der Waals surface area contributed by atoms with Crippen molar-refractivity contribution in [3.8, 4) is 0 Å². The van der Waals surface area contributed by atoms with E-state index in [2.05, 4.69) is 10.3 Å². The highest BCUT2D eigenvalue weighted by molar-refractivity contribution is 8.01. The minimum atomic E-state index is -3.32. The third kappa shape index (κ3) is 3.55. The van der Waals surface area contributed by atoms with Crippen LogP contribution >= 0.6 is 11.8 Å². The Bertz CT molecular complexity index is 601. The van der Waals surface area contributed by atoms with Crippen LogP contribution < -0.4 is 5.73 Å². The molecule has 0 aliphatic carbocycles. The molecule has 0 spiro atoms. The summed E-state index contributed by atoms with van der Waals surface area (Å²) in [5.74, 6) is 0.750. The molecule has 0 radical (unpaired) electrons. The second kappa shape index (κ2) is 6.75. The number of hydrogen-bond acceptors (Lipinski definition) is 7. The van der Waals surface area contributed by atoms with Gasteiger partial charge in [0, 0.05) is 30.3 Å². The molecule has 1 atom stereocenters. The molecule has 1 fully saturated rings. The van der Waals surface area contributed by atoms with Crippen LogP contribution in [0.1, 0.15) is 17.4 Å². The lowest BCUT2D eigenvalue weighted by molar-refractivity contribution is 0.0743. The quantitative estimate of drug-likeness (QED) is 0.750. The van der Waals surface area contributed by atoms with Crippen molar-refractivity contribution in [3.05, 3.63) is 11.9 Å². The second-order valence-corrected chi connectivity index (χ2v) is 8.23. The number of carbonyl (C=O) groups is 1. The van der Waals surface area contributed by atoms with Crippen molar-refractivity contribution in [2.24, 2.45) is 5.73 Å². The van der Waals surface area contributed by atoms with E-state index in [1.54, 1.807) is 18.7 Å². The second-order valence-electron chi connectivity index (χ2n) is 4.64. The smallest absolute Gasteiger partial charge is 0.277 e. The van der Waals surface area contributed by atoms with Crippen LogP contribution in [0.5, 0.6) is 0 Å². The third-order valence-electron chi connectivity index (χ3n) is 3.28. The number of hydrogen-bond donors (Lipinski definition) is 1. The Morgan fingerprint density at radius 3 is 3.00 bits per heavy atom. The van der Waals surface area contributed by atoms with Gasteiger partial charge in [0.25, 0.3) is 5.91 Å². The van der Waals surface area contributed by atoms with Gasteiger partial charge >= 0.3 is 0 Å². The molecule has 10 heteroatoms. The molecule has 1 unspecified atom stereocenters. The van der Waals surface area contributed by atoms with Crippen molar-refractivity contribution in [1.82, 2.24) is 19.9 Å². The van der Waals surface area contributed by atoms with Crippen LogP contribution in [0.15, 0.2) is 6.20 Å². The summed E-state index contributed by atoms with van der Waals surface area (Å²) in [7, 11) is -3.32. The van der Waals surface area contributed by atoms with Crippen molar-refractivity contribution in [2.45, 2.75) is 18.8 Å². The molecule has 0 aromatic carbocycles. The van der Waals surface area contributed by atoms with Gasteiger partial charge in [-0.1, -0.05) is 12.1 Å². The van der Waals surface area contributed by atoms with E-state index in [9.17, 15) is 13.2 Å². The van der Waals surface area contributed by atoms with Crippen LogP contribution in [0.25, 0.3) is 0 Å². The first kappa shape index (κ1) is 16.2. The lowest BCUT2D eigenvalue weighted by Gasteiger charge is -2.34. The third-order valence-corrected chi connectivity index (χ3v) is 6.57. The number of amides is 1. The normalized spacial score (nSPS) is 19.7. The molecule has 1 aromatic heterocycles. The van der Waals surface area contributed by atoms with Gasteiger partial charge in [0.05, 0.1) is 12.7 Å². The Kier molecular flexibility index (Phi) is 5.22. The molecular weight excluding hydrogens is 314 g/mol. The van der Waals surface area contributed by atoms with Gasteiger partial charge in [0.1, 0.15) is 5.37 Å². The topological polar surface area (TPSA) is 111 Å². The van der Waals surface area contributed by atoms with Crippen LogP contribution in [0.2, 0.25) is 0 Å². The maximum Gasteiger partial charge on any atom is 0.277 e. The van der Waals surface area contributed by atoms with Crippen molar-refractivity contribution in [3.63, 3.8) is 0 Å². The fourth-order valence-electron chi connectivity index (χ4n) is 2.09. The zero-order chi connectivity index (χ0) is 15.5. The zero-order valence-electron chi connectivity index (χ0n) is 11.8. The summed E-state index contributed by atoms with van der Waals surface area (Å²) in [6, 6.07) is 0. The first-order valence-electron chi connectivity index (χ1n) is 6.70. The number of nitrogens with two attached hydrogens (primary N) is 1. The molecular formula is C11H19N5O3S2. The summed E-state index contributed by atoms with van der Waals surface area (Å²) in [6.45, 7) is 2.85. The maximum atomic E-state index is 12.5. The van der Waals surface area contributed by atoms with Crippen LogP contribution in [0.3, 0.4) is 0 Å². The molecule has 1 aliphatic rings. The fourth-order valence-corrected chi connectivity index (χ4v) is 5.05. The van der Waals surface area contributed by atoms with E-state index in [4.69, 9.17) is 5.73 Å². The molecule has 118 valence electrons. The van der Waals surface area contributed by atoms with E-state index in [-0.39, 0.29) is 17.4 Å². The van der Waals surface area contributed by atoms with Gasteiger partial charge in [0.2, 0.25) is 0 Å². The van der Waals surface area contributed by atoms with Crippen LogP contribution in [0, 0.1) is 0 Å².